The van der Waals surface area contributed by atoms with Crippen molar-refractivity contribution in [1.82, 2.24) is 15.5 Å². The van der Waals surface area contributed by atoms with Crippen LogP contribution in [0.1, 0.15) is 37.9 Å². The highest BCUT2D eigenvalue weighted by Crippen LogP contribution is 2.18. The molecule has 1 aliphatic carbocycles. The summed E-state index contributed by atoms with van der Waals surface area (Å²) in [6.07, 6.45) is 4.29. The Labute approximate surface area is 95.6 Å². The van der Waals surface area contributed by atoms with Gasteiger partial charge in [0.05, 0.1) is 6.54 Å². The topological polar surface area (TPSA) is 60.2 Å². The molecule has 1 fully saturated rings. The molecule has 0 saturated heterocycles. The summed E-state index contributed by atoms with van der Waals surface area (Å²) in [5.74, 6) is 1.48. The SMILES string of the molecule is CCOCCCc1nc(CNC2CC2)no1. The number of hydrogen-bond donors (Lipinski definition) is 1. The summed E-state index contributed by atoms with van der Waals surface area (Å²) in [5.41, 5.74) is 0. The van der Waals surface area contributed by atoms with E-state index in [0.717, 1.165) is 38.4 Å². The van der Waals surface area contributed by atoms with E-state index >= 15 is 0 Å². The van der Waals surface area contributed by atoms with Crippen molar-refractivity contribution in [1.29, 1.82) is 0 Å². The summed E-state index contributed by atoms with van der Waals surface area (Å²) in [7, 11) is 0. The lowest BCUT2D eigenvalue weighted by Crippen LogP contribution is -2.16. The van der Waals surface area contributed by atoms with Crippen LogP contribution in [-0.2, 0) is 17.7 Å². The van der Waals surface area contributed by atoms with Crippen molar-refractivity contribution in [2.75, 3.05) is 13.2 Å². The van der Waals surface area contributed by atoms with E-state index in [1.165, 1.54) is 12.8 Å². The van der Waals surface area contributed by atoms with Crippen LogP contribution in [0.5, 0.6) is 0 Å². The first-order valence-corrected chi connectivity index (χ1v) is 6.01. The van der Waals surface area contributed by atoms with E-state index in [0.29, 0.717) is 11.9 Å². The highest BCUT2D eigenvalue weighted by molar-refractivity contribution is 4.89. The van der Waals surface area contributed by atoms with Crippen molar-refractivity contribution in [3.63, 3.8) is 0 Å². The highest BCUT2D eigenvalue weighted by atomic mass is 16.5. The van der Waals surface area contributed by atoms with Crippen LogP contribution in [0.3, 0.4) is 0 Å². The molecule has 1 aromatic heterocycles. The molecule has 0 bridgehead atoms. The van der Waals surface area contributed by atoms with Crippen LogP contribution < -0.4 is 5.32 Å². The van der Waals surface area contributed by atoms with E-state index < -0.39 is 0 Å². The third-order valence-electron chi connectivity index (χ3n) is 2.52. The molecular formula is C11H19N3O2. The maximum absolute atomic E-state index is 5.25. The molecule has 1 aliphatic rings. The minimum absolute atomic E-state index is 0.680. The number of rotatable bonds is 8. The molecule has 1 saturated carbocycles. The highest BCUT2D eigenvalue weighted by Gasteiger charge is 2.20. The third-order valence-corrected chi connectivity index (χ3v) is 2.52. The fourth-order valence-electron chi connectivity index (χ4n) is 1.46. The Kier molecular flexibility index (Phi) is 4.30. The third kappa shape index (κ3) is 3.90. The van der Waals surface area contributed by atoms with Gasteiger partial charge in [-0.3, -0.25) is 0 Å². The Bertz CT molecular complexity index is 310. The van der Waals surface area contributed by atoms with E-state index in [1.807, 2.05) is 6.92 Å². The number of nitrogens with zero attached hydrogens (tertiary/aromatic N) is 2. The molecule has 0 amide bonds. The molecule has 2 rings (SSSR count). The Balaban J connectivity index is 1.64. The molecule has 90 valence electrons. The van der Waals surface area contributed by atoms with Crippen molar-refractivity contribution in [2.45, 2.75) is 45.2 Å². The van der Waals surface area contributed by atoms with Gasteiger partial charge in [-0.05, 0) is 26.2 Å². The van der Waals surface area contributed by atoms with Gasteiger partial charge in [0.15, 0.2) is 5.82 Å². The Morgan fingerprint density at radius 3 is 3.12 bits per heavy atom. The molecule has 1 aromatic rings. The lowest BCUT2D eigenvalue weighted by atomic mass is 10.3. The van der Waals surface area contributed by atoms with Crippen LogP contribution in [0.15, 0.2) is 4.52 Å². The van der Waals surface area contributed by atoms with Gasteiger partial charge in [-0.2, -0.15) is 4.98 Å². The maximum Gasteiger partial charge on any atom is 0.226 e. The molecule has 16 heavy (non-hydrogen) atoms. The summed E-state index contributed by atoms with van der Waals surface area (Å²) in [5, 5.41) is 7.28. The minimum atomic E-state index is 0.680. The average Bonchev–Trinajstić information content (AvgIpc) is 3.02. The molecule has 0 radical (unpaired) electrons. The van der Waals surface area contributed by atoms with Gasteiger partial charge in [0, 0.05) is 25.7 Å². The first kappa shape index (κ1) is 11.5. The molecule has 1 N–H and O–H groups in total. The van der Waals surface area contributed by atoms with E-state index in [1.54, 1.807) is 0 Å². The van der Waals surface area contributed by atoms with Gasteiger partial charge in [-0.25, -0.2) is 0 Å². The van der Waals surface area contributed by atoms with Gasteiger partial charge in [-0.15, -0.1) is 0 Å². The zero-order valence-electron chi connectivity index (χ0n) is 9.74. The molecule has 0 aromatic carbocycles. The first-order valence-electron chi connectivity index (χ1n) is 6.01. The number of ether oxygens (including phenoxy) is 1. The number of nitrogens with one attached hydrogen (secondary N) is 1. The second-order valence-corrected chi connectivity index (χ2v) is 4.06. The lowest BCUT2D eigenvalue weighted by Gasteiger charge is -1.97. The van der Waals surface area contributed by atoms with Crippen LogP contribution in [0, 0.1) is 0 Å². The molecule has 5 heteroatoms. The number of aromatic nitrogens is 2. The van der Waals surface area contributed by atoms with E-state index in [-0.39, 0.29) is 0 Å². The smallest absolute Gasteiger partial charge is 0.226 e. The van der Waals surface area contributed by atoms with Crippen molar-refractivity contribution >= 4 is 0 Å². The second-order valence-electron chi connectivity index (χ2n) is 4.06. The zero-order chi connectivity index (χ0) is 11.2. The van der Waals surface area contributed by atoms with E-state index in [4.69, 9.17) is 9.26 Å². The summed E-state index contributed by atoms with van der Waals surface area (Å²) < 4.78 is 10.4. The Morgan fingerprint density at radius 2 is 2.38 bits per heavy atom. The molecular weight excluding hydrogens is 206 g/mol. The van der Waals surface area contributed by atoms with Gasteiger partial charge in [0.1, 0.15) is 0 Å². The van der Waals surface area contributed by atoms with Crippen molar-refractivity contribution < 1.29 is 9.26 Å². The average molecular weight is 225 g/mol. The number of aryl methyl sites for hydroxylation is 1. The van der Waals surface area contributed by atoms with Crippen molar-refractivity contribution in [3.05, 3.63) is 11.7 Å². The largest absolute Gasteiger partial charge is 0.382 e. The summed E-state index contributed by atoms with van der Waals surface area (Å²) >= 11 is 0. The van der Waals surface area contributed by atoms with E-state index in [2.05, 4.69) is 15.5 Å². The molecule has 0 atom stereocenters. The minimum Gasteiger partial charge on any atom is -0.382 e. The monoisotopic (exact) mass is 225 g/mol. The Hall–Kier alpha value is -0.940. The predicted octanol–water partition coefficient (Wildman–Crippen LogP) is 1.29. The second kappa shape index (κ2) is 5.96. The standard InChI is InChI=1S/C11H19N3O2/c1-2-15-7-3-4-11-13-10(14-16-11)8-12-9-5-6-9/h9,12H,2-8H2,1H3. The van der Waals surface area contributed by atoms with Gasteiger partial charge >= 0.3 is 0 Å². The maximum atomic E-state index is 5.25. The van der Waals surface area contributed by atoms with Crippen molar-refractivity contribution in [3.8, 4) is 0 Å². The molecule has 0 spiro atoms. The van der Waals surface area contributed by atoms with Crippen LogP contribution in [0.2, 0.25) is 0 Å². The molecule has 1 heterocycles. The van der Waals surface area contributed by atoms with Crippen LogP contribution in [0.4, 0.5) is 0 Å². The fourth-order valence-corrected chi connectivity index (χ4v) is 1.46. The first-order chi connectivity index (χ1) is 7.88. The summed E-state index contributed by atoms with van der Waals surface area (Å²) in [6, 6.07) is 0.680. The molecule has 0 unspecified atom stereocenters. The van der Waals surface area contributed by atoms with Gasteiger partial charge in [-0.1, -0.05) is 5.16 Å². The van der Waals surface area contributed by atoms with Crippen LogP contribution >= 0.6 is 0 Å². The lowest BCUT2D eigenvalue weighted by molar-refractivity contribution is 0.143. The van der Waals surface area contributed by atoms with Crippen LogP contribution in [0.25, 0.3) is 0 Å². The molecule has 0 aliphatic heterocycles. The molecule has 5 nitrogen and oxygen atoms in total. The zero-order valence-corrected chi connectivity index (χ0v) is 9.74. The quantitative estimate of drug-likeness (QED) is 0.675. The number of hydrogen-bond acceptors (Lipinski definition) is 5. The Morgan fingerprint density at radius 1 is 1.50 bits per heavy atom. The van der Waals surface area contributed by atoms with Gasteiger partial charge in [0.25, 0.3) is 0 Å². The van der Waals surface area contributed by atoms with E-state index in [9.17, 15) is 0 Å². The summed E-state index contributed by atoms with van der Waals surface area (Å²) in [6.45, 7) is 4.24. The normalized spacial score (nSPS) is 15.6. The predicted molar refractivity (Wildman–Crippen MR) is 59.0 cm³/mol. The van der Waals surface area contributed by atoms with Crippen molar-refractivity contribution in [2.24, 2.45) is 0 Å². The van der Waals surface area contributed by atoms with Crippen LogP contribution in [-0.4, -0.2) is 29.4 Å². The fraction of sp³-hybridized carbons (Fsp3) is 0.818. The van der Waals surface area contributed by atoms with Gasteiger partial charge in [0.2, 0.25) is 5.89 Å². The van der Waals surface area contributed by atoms with Gasteiger partial charge < -0.3 is 14.6 Å². The summed E-state index contributed by atoms with van der Waals surface area (Å²) in [4.78, 5) is 4.31.